The number of aryl methyl sites for hydroxylation is 1. The number of ether oxygens (including phenoxy) is 1. The number of carbonyl (C=O) groups is 2. The number of carbonyl (C=O) groups excluding carboxylic acids is 2. The molecule has 2 amide bonds. The first-order valence-electron chi connectivity index (χ1n) is 17.1. The van der Waals surface area contributed by atoms with Gasteiger partial charge in [0.2, 0.25) is 5.95 Å². The van der Waals surface area contributed by atoms with E-state index < -0.39 is 29.5 Å². The topological polar surface area (TPSA) is 96.7 Å². The van der Waals surface area contributed by atoms with E-state index in [0.717, 1.165) is 30.5 Å². The number of methoxy groups -OCH3 is 1. The van der Waals surface area contributed by atoms with Crippen molar-refractivity contribution in [3.8, 4) is 11.1 Å². The highest BCUT2D eigenvalue weighted by Gasteiger charge is 2.41. The van der Waals surface area contributed by atoms with Crippen molar-refractivity contribution in [3.63, 3.8) is 0 Å². The minimum absolute atomic E-state index is 0.108. The molecule has 1 saturated carbocycles. The van der Waals surface area contributed by atoms with E-state index in [0.29, 0.717) is 44.3 Å². The van der Waals surface area contributed by atoms with E-state index in [1.54, 1.807) is 38.8 Å². The van der Waals surface area contributed by atoms with Crippen LogP contribution in [0.25, 0.3) is 11.1 Å². The Kier molecular flexibility index (Phi) is 11.5. The van der Waals surface area contributed by atoms with Crippen molar-refractivity contribution < 1.29 is 40.7 Å². The third-order valence-electron chi connectivity index (χ3n) is 10.00. The third-order valence-corrected chi connectivity index (χ3v) is 10.00. The van der Waals surface area contributed by atoms with Crippen molar-refractivity contribution in [1.82, 2.24) is 29.5 Å². The molecule has 1 aromatic carbocycles. The van der Waals surface area contributed by atoms with Gasteiger partial charge >= 0.3 is 24.4 Å². The van der Waals surface area contributed by atoms with Gasteiger partial charge in [0.15, 0.2) is 0 Å². The average Bonchev–Trinajstić information content (AvgIpc) is 3.75. The van der Waals surface area contributed by atoms with E-state index in [4.69, 9.17) is 4.74 Å². The zero-order valence-electron chi connectivity index (χ0n) is 29.0. The number of halogens is 6. The van der Waals surface area contributed by atoms with Gasteiger partial charge in [-0.3, -0.25) is 9.48 Å². The zero-order chi connectivity index (χ0) is 37.1. The lowest BCUT2D eigenvalue weighted by atomic mass is 9.82. The second kappa shape index (κ2) is 15.5. The molecule has 0 radical (unpaired) electrons. The maximum absolute atomic E-state index is 14.1. The summed E-state index contributed by atoms with van der Waals surface area (Å²) in [6.07, 6.45) is 0.347. The Balaban J connectivity index is 1.42. The summed E-state index contributed by atoms with van der Waals surface area (Å²) in [5.74, 6) is -0.0417. The first kappa shape index (κ1) is 37.9. The Labute approximate surface area is 292 Å². The molecule has 3 aromatic rings. The fourth-order valence-electron chi connectivity index (χ4n) is 7.18. The second-order valence-electron chi connectivity index (χ2n) is 13.4. The Morgan fingerprint density at radius 3 is 2.06 bits per heavy atom. The van der Waals surface area contributed by atoms with Gasteiger partial charge in [0.25, 0.3) is 0 Å². The van der Waals surface area contributed by atoms with E-state index in [2.05, 4.69) is 15.1 Å². The van der Waals surface area contributed by atoms with Crippen LogP contribution in [0.1, 0.15) is 69.1 Å². The number of hydrogen-bond donors (Lipinski definition) is 0. The predicted molar refractivity (Wildman–Crippen MR) is 176 cm³/mol. The summed E-state index contributed by atoms with van der Waals surface area (Å²) in [7, 11) is 3.13. The van der Waals surface area contributed by atoms with Gasteiger partial charge in [0.1, 0.15) is 0 Å². The molecule has 0 unspecified atom stereocenters. The zero-order valence-corrected chi connectivity index (χ0v) is 29.0. The van der Waals surface area contributed by atoms with E-state index in [9.17, 15) is 35.9 Å². The summed E-state index contributed by atoms with van der Waals surface area (Å²) in [4.78, 5) is 40.2. The van der Waals surface area contributed by atoms with Gasteiger partial charge in [-0.2, -0.15) is 31.4 Å². The molecule has 10 nitrogen and oxygen atoms in total. The molecule has 1 aliphatic carbocycles. The number of amides is 2. The van der Waals surface area contributed by atoms with Crippen molar-refractivity contribution in [3.05, 3.63) is 59.7 Å². The number of urea groups is 1. The van der Waals surface area contributed by atoms with Gasteiger partial charge in [-0.1, -0.05) is 6.92 Å². The highest BCUT2D eigenvalue weighted by Crippen LogP contribution is 2.38. The van der Waals surface area contributed by atoms with E-state index in [1.165, 1.54) is 19.5 Å². The maximum atomic E-state index is 14.1. The molecule has 5 rings (SSSR count). The first-order valence-corrected chi connectivity index (χ1v) is 17.1. The number of rotatable bonds is 10. The lowest BCUT2D eigenvalue weighted by molar-refractivity contribution is -0.147. The normalized spacial score (nSPS) is 21.1. The van der Waals surface area contributed by atoms with Gasteiger partial charge in [-0.05, 0) is 75.1 Å². The van der Waals surface area contributed by atoms with Crippen LogP contribution in [0.4, 0.5) is 37.1 Å². The molecule has 16 heteroatoms. The molecule has 3 heterocycles. The summed E-state index contributed by atoms with van der Waals surface area (Å²) < 4.78 is 89.3. The first-order chi connectivity index (χ1) is 24.1. The molecule has 0 spiro atoms. The van der Waals surface area contributed by atoms with Gasteiger partial charge in [0, 0.05) is 69.0 Å². The molecule has 0 N–H and O–H groups in total. The number of aromatic nitrogens is 4. The van der Waals surface area contributed by atoms with Crippen LogP contribution in [-0.2, 0) is 35.5 Å². The smallest absolute Gasteiger partial charge is 0.416 e. The second-order valence-corrected chi connectivity index (χ2v) is 13.4. The van der Waals surface area contributed by atoms with E-state index in [1.807, 2.05) is 13.8 Å². The average molecular weight is 724 g/mol. The van der Waals surface area contributed by atoms with Crippen molar-refractivity contribution in [2.24, 2.45) is 18.9 Å². The lowest BCUT2D eigenvalue weighted by Gasteiger charge is -2.35. The maximum Gasteiger partial charge on any atom is 0.416 e. The number of alkyl halides is 6. The molecule has 1 saturated heterocycles. The van der Waals surface area contributed by atoms with Gasteiger partial charge in [0.05, 0.1) is 36.4 Å². The molecular weight excluding hydrogens is 680 g/mol. The Morgan fingerprint density at radius 1 is 0.922 bits per heavy atom. The number of likely N-dealkylation sites (tertiary alicyclic amines) is 1. The van der Waals surface area contributed by atoms with Crippen molar-refractivity contribution in [1.29, 1.82) is 0 Å². The molecule has 278 valence electrons. The fraction of sp³-hybridized carbons (Fsp3) is 0.571. The Morgan fingerprint density at radius 2 is 1.55 bits per heavy atom. The summed E-state index contributed by atoms with van der Waals surface area (Å²) >= 11 is 0. The molecular formula is C35H43F6N7O3. The molecule has 1 aliphatic heterocycles. The quantitative estimate of drug-likeness (QED) is 0.161. The van der Waals surface area contributed by atoms with Crippen molar-refractivity contribution in [2.45, 2.75) is 83.4 Å². The predicted octanol–water partition coefficient (Wildman–Crippen LogP) is 7.20. The van der Waals surface area contributed by atoms with Crippen LogP contribution in [0, 0.1) is 11.8 Å². The molecule has 51 heavy (non-hydrogen) atoms. The Hall–Kier alpha value is -4.37. The molecule has 2 aliphatic rings. The number of esters is 1. The number of anilines is 1. The minimum atomic E-state index is -5.01. The molecule has 2 fully saturated rings. The van der Waals surface area contributed by atoms with Crippen molar-refractivity contribution >= 4 is 17.9 Å². The van der Waals surface area contributed by atoms with E-state index >= 15 is 0 Å². The van der Waals surface area contributed by atoms with Crippen LogP contribution in [0.2, 0.25) is 0 Å². The minimum Gasteiger partial charge on any atom is -0.469 e. The van der Waals surface area contributed by atoms with E-state index in [-0.39, 0.29) is 60.5 Å². The molecule has 2 atom stereocenters. The van der Waals surface area contributed by atoms with Crippen LogP contribution >= 0.6 is 0 Å². The van der Waals surface area contributed by atoms with Crippen LogP contribution in [0.5, 0.6) is 0 Å². The summed E-state index contributed by atoms with van der Waals surface area (Å²) in [6, 6.07) is 0.604. The lowest BCUT2D eigenvalue weighted by Crippen LogP contribution is -2.48. The SMILES string of the molecule is CC[C@@H]1C[C@H](N(Cc2cc(C(F)(F)F)cc(C(F)(F)F)c2)c2ncc(-c3cnn(C)c3)cn2)CN1C(=O)N(CC)CC1CCC(C(=O)OC)CC1. The number of nitrogens with zero attached hydrogens (tertiary/aromatic N) is 7. The van der Waals surface area contributed by atoms with Gasteiger partial charge in [-0.15, -0.1) is 0 Å². The van der Waals surface area contributed by atoms with Crippen LogP contribution in [0.15, 0.2) is 43.0 Å². The molecule has 2 aromatic heterocycles. The van der Waals surface area contributed by atoms with Crippen LogP contribution in [-0.4, -0.2) is 80.4 Å². The summed E-state index contributed by atoms with van der Waals surface area (Å²) in [6.45, 7) is 4.59. The van der Waals surface area contributed by atoms with Crippen molar-refractivity contribution in [2.75, 3.05) is 31.6 Å². The monoisotopic (exact) mass is 723 g/mol. The highest BCUT2D eigenvalue weighted by atomic mass is 19.4. The number of hydrogen-bond acceptors (Lipinski definition) is 7. The molecule has 0 bridgehead atoms. The number of benzene rings is 1. The Bertz CT molecular complexity index is 1620. The van der Waals surface area contributed by atoms with Crippen LogP contribution < -0.4 is 4.90 Å². The summed E-state index contributed by atoms with van der Waals surface area (Å²) in [5, 5.41) is 4.15. The highest BCUT2D eigenvalue weighted by molar-refractivity contribution is 5.75. The summed E-state index contributed by atoms with van der Waals surface area (Å²) in [5.41, 5.74) is -1.68. The van der Waals surface area contributed by atoms with Gasteiger partial charge in [-0.25, -0.2) is 14.8 Å². The van der Waals surface area contributed by atoms with Crippen LogP contribution in [0.3, 0.4) is 0 Å². The largest absolute Gasteiger partial charge is 0.469 e. The van der Waals surface area contributed by atoms with Gasteiger partial charge < -0.3 is 19.4 Å². The fourth-order valence-corrected chi connectivity index (χ4v) is 7.18. The third kappa shape index (κ3) is 8.93. The standard InChI is InChI=1S/C35H43F6N7O3/c1-5-29-14-30(21-48(29)33(50)46(6-2)18-22-7-9-24(10-8-22)31(49)51-4)47(32-42-15-25(16-43-32)26-17-44-45(3)20-26)19-23-11-27(34(36,37)38)13-28(12-23)35(39,40)41/h11-13,15-17,20,22,24,29-30H,5-10,14,18-19,21H2,1-4H3/t22?,24?,29-,30+/m1/s1.